The van der Waals surface area contributed by atoms with Gasteiger partial charge in [-0.15, -0.1) is 0 Å². The number of rotatable bonds is 5. The van der Waals surface area contributed by atoms with E-state index in [-0.39, 0.29) is 5.78 Å². The van der Waals surface area contributed by atoms with E-state index in [1.54, 1.807) is 26.2 Å². The average molecular weight is 422 g/mol. The first kappa shape index (κ1) is 19.9. The molecule has 1 aliphatic heterocycles. The molecule has 0 atom stereocenters. The molecule has 0 saturated heterocycles. The van der Waals surface area contributed by atoms with Gasteiger partial charge < -0.3 is 9.47 Å². The normalized spacial score (nSPS) is 15.1. The summed E-state index contributed by atoms with van der Waals surface area (Å²) in [5.41, 5.74) is 3.09. The van der Waals surface area contributed by atoms with Gasteiger partial charge in [-0.05, 0) is 55.8 Å². The zero-order chi connectivity index (χ0) is 22.1. The predicted molar refractivity (Wildman–Crippen MR) is 124 cm³/mol. The Hall–Kier alpha value is -3.99. The minimum absolute atomic E-state index is 0.0432. The number of aromatic nitrogens is 2. The fourth-order valence-corrected chi connectivity index (χ4v) is 3.79. The van der Waals surface area contributed by atoms with Crippen LogP contribution in [0.4, 0.5) is 0 Å². The van der Waals surface area contributed by atoms with Crippen molar-refractivity contribution >= 4 is 28.0 Å². The van der Waals surface area contributed by atoms with Gasteiger partial charge in [-0.3, -0.25) is 9.78 Å². The highest BCUT2D eigenvalue weighted by molar-refractivity contribution is 6.32. The van der Waals surface area contributed by atoms with Gasteiger partial charge in [0.15, 0.2) is 5.60 Å². The van der Waals surface area contributed by atoms with Crippen molar-refractivity contribution in [3.63, 3.8) is 0 Å². The molecule has 0 amide bonds. The van der Waals surface area contributed by atoms with Gasteiger partial charge in [0.25, 0.3) is 0 Å². The van der Waals surface area contributed by atoms with Crippen LogP contribution in [0.1, 0.15) is 30.7 Å². The molecule has 1 aliphatic rings. The first-order valence-electron chi connectivity index (χ1n) is 10.5. The van der Waals surface area contributed by atoms with Crippen molar-refractivity contribution < 1.29 is 14.3 Å². The Kier molecular flexibility index (Phi) is 4.94. The van der Waals surface area contributed by atoms with Crippen LogP contribution in [-0.4, -0.2) is 21.4 Å². The van der Waals surface area contributed by atoms with Gasteiger partial charge in [0, 0.05) is 23.3 Å². The summed E-state index contributed by atoms with van der Waals surface area (Å²) >= 11 is 0. The zero-order valence-electron chi connectivity index (χ0n) is 17.9. The SMILES string of the molecule is CC1(C)OC(c2ccncc2)=C(c2ccc(OCc3ccc4ccccc4n3)cc2)C1=O. The van der Waals surface area contributed by atoms with E-state index < -0.39 is 5.60 Å². The van der Waals surface area contributed by atoms with Crippen LogP contribution < -0.4 is 4.74 Å². The Bertz CT molecular complexity index is 1330. The molecule has 0 aliphatic carbocycles. The van der Waals surface area contributed by atoms with E-state index in [1.165, 1.54) is 0 Å². The van der Waals surface area contributed by atoms with Crippen molar-refractivity contribution in [3.8, 4) is 5.75 Å². The van der Waals surface area contributed by atoms with E-state index in [1.807, 2.05) is 72.8 Å². The van der Waals surface area contributed by atoms with Crippen molar-refractivity contribution in [1.29, 1.82) is 0 Å². The summed E-state index contributed by atoms with van der Waals surface area (Å²) in [4.78, 5) is 21.8. The van der Waals surface area contributed by atoms with E-state index in [9.17, 15) is 4.79 Å². The lowest BCUT2D eigenvalue weighted by molar-refractivity contribution is -0.125. The molecule has 0 saturated carbocycles. The minimum atomic E-state index is -0.912. The molecule has 5 heteroatoms. The van der Waals surface area contributed by atoms with Crippen molar-refractivity contribution in [2.24, 2.45) is 0 Å². The summed E-state index contributed by atoms with van der Waals surface area (Å²) in [5.74, 6) is 1.25. The molecule has 0 unspecified atom stereocenters. The van der Waals surface area contributed by atoms with Crippen molar-refractivity contribution in [1.82, 2.24) is 9.97 Å². The highest BCUT2D eigenvalue weighted by Gasteiger charge is 2.42. The third-order valence-electron chi connectivity index (χ3n) is 5.49. The van der Waals surface area contributed by atoms with E-state index in [0.717, 1.165) is 27.7 Å². The highest BCUT2D eigenvalue weighted by Crippen LogP contribution is 2.41. The molecule has 5 rings (SSSR count). The lowest BCUT2D eigenvalue weighted by atomic mass is 9.93. The molecule has 0 bridgehead atoms. The van der Waals surface area contributed by atoms with Gasteiger partial charge >= 0.3 is 0 Å². The Morgan fingerprint density at radius 2 is 1.62 bits per heavy atom. The molecule has 2 aromatic heterocycles. The zero-order valence-corrected chi connectivity index (χ0v) is 17.9. The summed E-state index contributed by atoms with van der Waals surface area (Å²) < 4.78 is 12.0. The Labute approximate surface area is 186 Å². The minimum Gasteiger partial charge on any atom is -0.487 e. The first-order chi connectivity index (χ1) is 15.5. The molecule has 0 fully saturated rings. The van der Waals surface area contributed by atoms with Crippen LogP contribution in [0.3, 0.4) is 0 Å². The third-order valence-corrected chi connectivity index (χ3v) is 5.49. The standard InChI is InChI=1S/C27H22N2O3/c1-27(2)26(30)24(25(32-27)20-13-15-28-16-14-20)19-8-11-22(12-9-19)31-17-21-10-7-18-5-3-4-6-23(18)29-21/h3-16H,17H2,1-2H3. The second-order valence-electron chi connectivity index (χ2n) is 8.19. The van der Waals surface area contributed by atoms with E-state index in [0.29, 0.717) is 23.7 Å². The number of nitrogens with zero attached hydrogens (tertiary/aromatic N) is 2. The van der Waals surface area contributed by atoms with Crippen molar-refractivity contribution in [2.45, 2.75) is 26.1 Å². The molecule has 5 nitrogen and oxygen atoms in total. The smallest absolute Gasteiger partial charge is 0.210 e. The lowest BCUT2D eigenvalue weighted by Gasteiger charge is -2.17. The number of pyridine rings is 2. The van der Waals surface area contributed by atoms with Crippen molar-refractivity contribution in [3.05, 3.63) is 102 Å². The number of carbonyl (C=O) groups excluding carboxylic acids is 1. The summed E-state index contributed by atoms with van der Waals surface area (Å²) in [5, 5.41) is 1.10. The maximum Gasteiger partial charge on any atom is 0.210 e. The fraction of sp³-hybridized carbons (Fsp3) is 0.148. The second kappa shape index (κ2) is 7.93. The monoisotopic (exact) mass is 422 g/mol. The van der Waals surface area contributed by atoms with Crippen LogP contribution in [0.25, 0.3) is 22.2 Å². The fourth-order valence-electron chi connectivity index (χ4n) is 3.79. The maximum absolute atomic E-state index is 13.1. The van der Waals surface area contributed by atoms with E-state index in [4.69, 9.17) is 9.47 Å². The van der Waals surface area contributed by atoms with Gasteiger partial charge in [0.05, 0.1) is 16.8 Å². The molecule has 0 spiro atoms. The summed E-state index contributed by atoms with van der Waals surface area (Å²) in [7, 11) is 0. The molecule has 0 N–H and O–H groups in total. The molecule has 158 valence electrons. The van der Waals surface area contributed by atoms with Crippen molar-refractivity contribution in [2.75, 3.05) is 0 Å². The molecule has 2 aromatic carbocycles. The largest absolute Gasteiger partial charge is 0.487 e. The Morgan fingerprint density at radius 3 is 2.41 bits per heavy atom. The molecule has 3 heterocycles. The van der Waals surface area contributed by atoms with E-state index >= 15 is 0 Å². The van der Waals surface area contributed by atoms with Crippen LogP contribution in [0.15, 0.2) is 85.2 Å². The molecular weight excluding hydrogens is 400 g/mol. The third kappa shape index (κ3) is 3.73. The first-order valence-corrected chi connectivity index (χ1v) is 10.5. The lowest BCUT2D eigenvalue weighted by Crippen LogP contribution is -2.29. The van der Waals surface area contributed by atoms with Gasteiger partial charge in [-0.1, -0.05) is 36.4 Å². The van der Waals surface area contributed by atoms with Crippen LogP contribution in [0.2, 0.25) is 0 Å². The van der Waals surface area contributed by atoms with Crippen LogP contribution in [0, 0.1) is 0 Å². The molecule has 0 radical (unpaired) electrons. The maximum atomic E-state index is 13.1. The Balaban J connectivity index is 1.38. The predicted octanol–water partition coefficient (Wildman–Crippen LogP) is 5.46. The van der Waals surface area contributed by atoms with Crippen LogP contribution in [0.5, 0.6) is 5.75 Å². The number of hydrogen-bond donors (Lipinski definition) is 0. The number of ether oxygens (including phenoxy) is 2. The molecular formula is C27H22N2O3. The number of carbonyl (C=O) groups is 1. The second-order valence-corrected chi connectivity index (χ2v) is 8.19. The van der Waals surface area contributed by atoms with Gasteiger partial charge in [-0.2, -0.15) is 0 Å². The Morgan fingerprint density at radius 1 is 0.875 bits per heavy atom. The van der Waals surface area contributed by atoms with Gasteiger partial charge in [0.1, 0.15) is 18.1 Å². The summed E-state index contributed by atoms with van der Waals surface area (Å²) in [6.45, 7) is 3.94. The van der Waals surface area contributed by atoms with Crippen LogP contribution >= 0.6 is 0 Å². The number of benzene rings is 2. The average Bonchev–Trinajstić information content (AvgIpc) is 3.07. The number of hydrogen-bond acceptors (Lipinski definition) is 5. The number of para-hydroxylation sites is 1. The van der Waals surface area contributed by atoms with E-state index in [2.05, 4.69) is 9.97 Å². The van der Waals surface area contributed by atoms with Gasteiger partial charge in [0.2, 0.25) is 5.78 Å². The summed E-state index contributed by atoms with van der Waals surface area (Å²) in [6.07, 6.45) is 3.38. The molecule has 4 aromatic rings. The quantitative estimate of drug-likeness (QED) is 0.428. The number of fused-ring (bicyclic) bond motifs is 1. The van der Waals surface area contributed by atoms with Crippen LogP contribution in [-0.2, 0) is 16.1 Å². The molecule has 32 heavy (non-hydrogen) atoms. The topological polar surface area (TPSA) is 61.3 Å². The number of Topliss-reactive ketones (excluding diaryl/α,β-unsaturated/α-hetero) is 1. The summed E-state index contributed by atoms with van der Waals surface area (Å²) in [6, 6.07) is 23.2. The number of ketones is 1. The highest BCUT2D eigenvalue weighted by atomic mass is 16.5. The van der Waals surface area contributed by atoms with Gasteiger partial charge in [-0.25, -0.2) is 4.98 Å².